The molecule has 0 amide bonds. The van der Waals surface area contributed by atoms with Crippen LogP contribution in [-0.2, 0) is 0 Å². The molecule has 51 heavy (non-hydrogen) atoms. The first-order chi connectivity index (χ1) is 25.4. The zero-order chi connectivity index (χ0) is 31.7. The van der Waals surface area contributed by atoms with Crippen LogP contribution in [0.4, 0.5) is 0 Å². The molecule has 0 saturated heterocycles. The Hall–Kier alpha value is 0. The van der Waals surface area contributed by atoms with E-state index in [-0.39, 0.29) is 0 Å². The van der Waals surface area contributed by atoms with Gasteiger partial charge in [-0.05, 0) is 220 Å². The summed E-state index contributed by atoms with van der Waals surface area (Å²) in [6, 6.07) is 0. The predicted octanol–water partition coefficient (Wildman–Crippen LogP) is 11.0. The van der Waals surface area contributed by atoms with Crippen molar-refractivity contribution in [3.63, 3.8) is 0 Å². The zero-order valence-electron chi connectivity index (χ0n) is 31.7. The standard InChI is InChI=1S/C51H68/c1-3-7-11-15-21-16-12-8-4-2-6-10-14-20-18-23-25(20)29-27(23)31-33(29)37-35(31)39-41(37)45-43(39)47-49(45)51(21)48-44-40-36-32-28-24-19(13-9-5-1)17-22(24)26(28)30(32)34(36)38(40)42(44)46(48)50(47)51/h19-50H,1-18H2. The molecular weight excluding hydrogens is 613 g/mol. The molecule has 30 unspecified atom stereocenters. The molecule has 0 aromatic carbocycles. The quantitative estimate of drug-likeness (QED) is 0.239. The van der Waals surface area contributed by atoms with E-state index < -0.39 is 0 Å². The molecule has 0 nitrogen and oxygen atoms in total. The van der Waals surface area contributed by atoms with Gasteiger partial charge in [0, 0.05) is 0 Å². The molecule has 0 radical (unpaired) electrons. The van der Waals surface area contributed by atoms with E-state index in [1.807, 2.05) is 0 Å². The Morgan fingerprint density at radius 3 is 0.961 bits per heavy atom. The third kappa shape index (κ3) is 2.34. The van der Waals surface area contributed by atoms with Gasteiger partial charge < -0.3 is 0 Å². The smallest absolute Gasteiger partial charge is 0.0167 e. The number of hydrogen-bond acceptors (Lipinski definition) is 0. The fourth-order valence-electron chi connectivity index (χ4n) is 27.1. The van der Waals surface area contributed by atoms with Crippen LogP contribution in [0.25, 0.3) is 0 Å². The van der Waals surface area contributed by atoms with Crippen molar-refractivity contribution in [1.29, 1.82) is 0 Å². The van der Waals surface area contributed by atoms with Gasteiger partial charge in [-0.2, -0.15) is 0 Å². The third-order valence-electron chi connectivity index (χ3n) is 27.2. The molecule has 0 heteroatoms. The summed E-state index contributed by atoms with van der Waals surface area (Å²) in [4.78, 5) is 0. The van der Waals surface area contributed by atoms with Gasteiger partial charge in [0.05, 0.1) is 0 Å². The van der Waals surface area contributed by atoms with E-state index in [9.17, 15) is 0 Å². The second-order valence-electron chi connectivity index (χ2n) is 25.8. The first kappa shape index (κ1) is 27.6. The molecule has 18 saturated carbocycles. The maximum absolute atomic E-state index is 1.70. The van der Waals surface area contributed by atoms with Crippen LogP contribution in [0.1, 0.15) is 116 Å². The van der Waals surface area contributed by atoms with E-state index in [4.69, 9.17) is 0 Å². The molecular formula is C51H68. The van der Waals surface area contributed by atoms with Gasteiger partial charge in [0.1, 0.15) is 0 Å². The summed E-state index contributed by atoms with van der Waals surface area (Å²) in [5, 5.41) is 0. The van der Waals surface area contributed by atoms with Gasteiger partial charge in [-0.3, -0.25) is 0 Å². The van der Waals surface area contributed by atoms with Crippen LogP contribution in [0.2, 0.25) is 0 Å². The van der Waals surface area contributed by atoms with E-state index in [0.29, 0.717) is 0 Å². The second kappa shape index (κ2) is 8.34. The van der Waals surface area contributed by atoms with Crippen LogP contribution in [0, 0.1) is 195 Å². The van der Waals surface area contributed by atoms with Crippen molar-refractivity contribution >= 4 is 0 Å². The van der Waals surface area contributed by atoms with E-state index >= 15 is 0 Å². The lowest BCUT2D eigenvalue weighted by molar-refractivity contribution is -0.568. The highest BCUT2D eigenvalue weighted by atomic mass is 15.0. The molecule has 0 heterocycles. The summed E-state index contributed by atoms with van der Waals surface area (Å²) in [7, 11) is 0. The largest absolute Gasteiger partial charge is 0.0533 e. The molecule has 0 aliphatic heterocycles. The summed E-state index contributed by atoms with van der Waals surface area (Å²) in [6.07, 6.45) is 29.1. The number of fused-ring (bicyclic) bond motifs is 14. The van der Waals surface area contributed by atoms with Gasteiger partial charge in [-0.25, -0.2) is 0 Å². The van der Waals surface area contributed by atoms with Crippen LogP contribution >= 0.6 is 0 Å². The Morgan fingerprint density at radius 1 is 0.235 bits per heavy atom. The molecule has 0 N–H and O–H groups in total. The van der Waals surface area contributed by atoms with Crippen molar-refractivity contribution in [1.82, 2.24) is 0 Å². The van der Waals surface area contributed by atoms with Gasteiger partial charge >= 0.3 is 0 Å². The molecule has 1 spiro atoms. The molecule has 18 rings (SSSR count). The van der Waals surface area contributed by atoms with Crippen molar-refractivity contribution in [2.75, 3.05) is 0 Å². The van der Waals surface area contributed by atoms with Crippen LogP contribution in [-0.4, -0.2) is 0 Å². The van der Waals surface area contributed by atoms with E-state index in [1.54, 1.807) is 116 Å². The van der Waals surface area contributed by atoms with Crippen molar-refractivity contribution in [3.05, 3.63) is 0 Å². The minimum atomic E-state index is 0.915. The fourth-order valence-corrected chi connectivity index (χ4v) is 27.1. The number of rotatable bonds is 0. The van der Waals surface area contributed by atoms with Crippen LogP contribution in [0.5, 0.6) is 0 Å². The van der Waals surface area contributed by atoms with Crippen molar-refractivity contribution < 1.29 is 0 Å². The number of hydrogen-bond donors (Lipinski definition) is 0. The fraction of sp³-hybridized carbons (Fsp3) is 1.00. The SMILES string of the molecule is C1CCCCC2CCCCCCCCC3CC4C3C3C4C4C3C3C4C4C3C3C4C4C3C23C2C5C6C7C8C9C%10C(CCC1)CC%10C9C8C7C6C5C2C43. The minimum absolute atomic E-state index is 0.915. The van der Waals surface area contributed by atoms with Gasteiger partial charge in [0.25, 0.3) is 0 Å². The molecule has 0 aromatic rings. The lowest BCUT2D eigenvalue weighted by Crippen LogP contribution is -3.00. The molecule has 18 aliphatic carbocycles. The van der Waals surface area contributed by atoms with E-state index in [1.165, 1.54) is 189 Å². The maximum atomic E-state index is 1.70. The van der Waals surface area contributed by atoms with Crippen molar-refractivity contribution in [3.8, 4) is 0 Å². The highest BCUT2D eigenvalue weighted by Crippen LogP contribution is 3.03. The second-order valence-corrected chi connectivity index (χ2v) is 25.8. The van der Waals surface area contributed by atoms with Gasteiger partial charge in [0.2, 0.25) is 0 Å². The Bertz CT molecular complexity index is 1520. The summed E-state index contributed by atoms with van der Waals surface area (Å²) in [5.41, 5.74) is 0.915. The minimum Gasteiger partial charge on any atom is -0.0533 e. The Morgan fingerprint density at radius 2 is 0.529 bits per heavy atom. The predicted molar refractivity (Wildman–Crippen MR) is 197 cm³/mol. The zero-order valence-corrected chi connectivity index (χ0v) is 31.7. The molecule has 18 aliphatic rings. The Kier molecular flexibility index (Phi) is 4.51. The average Bonchev–Trinajstić information content (AvgIpc) is 3.07. The summed E-state index contributed by atoms with van der Waals surface area (Å²) in [6.45, 7) is 0. The van der Waals surface area contributed by atoms with E-state index in [2.05, 4.69) is 0 Å². The lowest BCUT2D eigenvalue weighted by Gasteiger charge is -3.03. The van der Waals surface area contributed by atoms with Gasteiger partial charge in [0.15, 0.2) is 0 Å². The van der Waals surface area contributed by atoms with E-state index in [0.717, 1.165) is 5.41 Å². The highest BCUT2D eigenvalue weighted by Gasteiger charge is 3.00. The monoisotopic (exact) mass is 681 g/mol. The van der Waals surface area contributed by atoms with Gasteiger partial charge in [-0.1, -0.05) is 89.9 Å². The first-order valence-electron chi connectivity index (χ1n) is 25.4. The maximum Gasteiger partial charge on any atom is -0.0167 e. The van der Waals surface area contributed by atoms with Gasteiger partial charge in [-0.15, -0.1) is 0 Å². The first-order valence-corrected chi connectivity index (χ1v) is 25.4. The molecule has 0 bridgehead atoms. The van der Waals surface area contributed by atoms with Crippen LogP contribution in [0.3, 0.4) is 0 Å². The normalized spacial score (nSPS) is 80.0. The highest BCUT2D eigenvalue weighted by molar-refractivity contribution is 5.46. The summed E-state index contributed by atoms with van der Waals surface area (Å²) >= 11 is 0. The Balaban J connectivity index is 0.708. The van der Waals surface area contributed by atoms with Crippen LogP contribution in [0.15, 0.2) is 0 Å². The lowest BCUT2D eigenvalue weighted by atomic mass is 9.01. The Labute approximate surface area is 309 Å². The topological polar surface area (TPSA) is 0 Å². The molecule has 0 aromatic heterocycles. The summed E-state index contributed by atoms with van der Waals surface area (Å²) < 4.78 is 0. The molecule has 30 atom stereocenters. The molecule has 18 fully saturated rings. The molecule has 272 valence electrons. The average molecular weight is 681 g/mol. The van der Waals surface area contributed by atoms with Crippen molar-refractivity contribution in [2.45, 2.75) is 116 Å². The summed E-state index contributed by atoms with van der Waals surface area (Å²) in [5.74, 6) is 40.9. The third-order valence-corrected chi connectivity index (χ3v) is 27.2. The van der Waals surface area contributed by atoms with Crippen molar-refractivity contribution in [2.24, 2.45) is 195 Å². The van der Waals surface area contributed by atoms with Crippen LogP contribution < -0.4 is 0 Å².